The van der Waals surface area contributed by atoms with E-state index in [0.717, 1.165) is 4.90 Å². The Morgan fingerprint density at radius 2 is 2.24 bits per heavy atom. The van der Waals surface area contributed by atoms with E-state index in [0.29, 0.717) is 4.43 Å². The summed E-state index contributed by atoms with van der Waals surface area (Å²) in [6.07, 6.45) is -1.62. The van der Waals surface area contributed by atoms with Crippen LogP contribution in [-0.4, -0.2) is 56.3 Å². The first kappa shape index (κ1) is 14.5. The van der Waals surface area contributed by atoms with Gasteiger partial charge in [-0.2, -0.15) is 12.6 Å². The summed E-state index contributed by atoms with van der Waals surface area (Å²) in [4.78, 5) is 34.4. The number of esters is 1. The molecule has 9 heteroatoms. The van der Waals surface area contributed by atoms with Crippen LogP contribution in [0.25, 0.3) is 0 Å². The molecule has 3 N–H and O–H groups in total. The van der Waals surface area contributed by atoms with E-state index in [9.17, 15) is 14.4 Å². The zero-order valence-corrected chi connectivity index (χ0v) is 11.6. The molecule has 1 rings (SSSR count). The molecule has 96 valence electrons. The van der Waals surface area contributed by atoms with E-state index >= 15 is 0 Å². The Morgan fingerprint density at radius 3 is 2.65 bits per heavy atom. The van der Waals surface area contributed by atoms with Crippen molar-refractivity contribution in [3.8, 4) is 0 Å². The monoisotopic (exact) mass is 374 g/mol. The number of β-lactam (4-membered cyclic amide) rings is 1. The maximum Gasteiger partial charge on any atom is 0.367 e. The Morgan fingerprint density at radius 1 is 1.65 bits per heavy atom. The number of carboxylic acids is 1. The summed E-state index contributed by atoms with van der Waals surface area (Å²) in [7, 11) is 0. The largest absolute Gasteiger partial charge is 0.477 e. The third-order valence-electron chi connectivity index (χ3n) is 2.31. The average Bonchev–Trinajstić information content (AvgIpc) is 2.31. The maximum atomic E-state index is 11.5. The fourth-order valence-electron chi connectivity index (χ4n) is 1.44. The molecule has 1 saturated heterocycles. The molecule has 1 amide bonds. The third kappa shape index (κ3) is 2.83. The van der Waals surface area contributed by atoms with Crippen LogP contribution < -0.4 is 5.73 Å². The molecule has 1 aliphatic heterocycles. The topological polar surface area (TPSA) is 110 Å². The van der Waals surface area contributed by atoms with Crippen LogP contribution in [0, 0.1) is 0 Å². The van der Waals surface area contributed by atoms with Crippen molar-refractivity contribution in [2.24, 2.45) is 5.73 Å². The minimum absolute atomic E-state index is 0.257. The summed E-state index contributed by atoms with van der Waals surface area (Å²) >= 11 is 5.65. The zero-order chi connectivity index (χ0) is 13.2. The second kappa shape index (κ2) is 5.87. The summed E-state index contributed by atoms with van der Waals surface area (Å²) in [5.74, 6) is -3.00. The number of carboxylic acid groups (broad SMARTS) is 1. The smallest absolute Gasteiger partial charge is 0.367 e. The number of nitrogens with zero attached hydrogens (tertiary/aromatic N) is 1. The molecule has 0 radical (unpaired) electrons. The minimum Gasteiger partial charge on any atom is -0.477 e. The van der Waals surface area contributed by atoms with Crippen LogP contribution in [0.2, 0.25) is 0 Å². The Kier molecular flexibility index (Phi) is 5.01. The lowest BCUT2D eigenvalue weighted by Crippen LogP contribution is -2.73. The molecule has 3 atom stereocenters. The number of carbonyl (C=O) groups excluding carboxylic acids is 2. The minimum atomic E-state index is -1.62. The van der Waals surface area contributed by atoms with Gasteiger partial charge in [-0.05, 0) is 0 Å². The lowest BCUT2D eigenvalue weighted by atomic mass is 9.97. The number of rotatable bonds is 5. The summed E-state index contributed by atoms with van der Waals surface area (Å²) in [6.45, 7) is 0. The van der Waals surface area contributed by atoms with Crippen LogP contribution in [-0.2, 0) is 19.1 Å². The normalized spacial score (nSPS) is 25.1. The Bertz CT molecular complexity index is 353. The lowest BCUT2D eigenvalue weighted by molar-refractivity contribution is -0.192. The zero-order valence-electron chi connectivity index (χ0n) is 8.58. The lowest BCUT2D eigenvalue weighted by Gasteiger charge is -2.46. The fraction of sp³-hybridized carbons (Fsp3) is 0.625. The van der Waals surface area contributed by atoms with Gasteiger partial charge in [-0.1, -0.05) is 22.6 Å². The molecule has 0 aromatic carbocycles. The Hall–Kier alpha value is -0.550. The van der Waals surface area contributed by atoms with Crippen LogP contribution in [0.4, 0.5) is 0 Å². The highest BCUT2D eigenvalue weighted by molar-refractivity contribution is 14.1. The van der Waals surface area contributed by atoms with Gasteiger partial charge in [0.05, 0.1) is 11.8 Å². The van der Waals surface area contributed by atoms with Crippen LogP contribution in [0.1, 0.15) is 0 Å². The molecule has 0 saturated carbocycles. The van der Waals surface area contributed by atoms with Crippen molar-refractivity contribution in [1.82, 2.24) is 4.90 Å². The number of aliphatic carboxylic acids is 1. The van der Waals surface area contributed by atoms with E-state index in [4.69, 9.17) is 10.8 Å². The van der Waals surface area contributed by atoms with E-state index in [2.05, 4.69) is 17.4 Å². The number of nitrogens with two attached hydrogens (primary N) is 1. The molecule has 0 aromatic rings. The highest BCUT2D eigenvalue weighted by Gasteiger charge is 2.51. The van der Waals surface area contributed by atoms with Crippen molar-refractivity contribution in [2.75, 3.05) is 10.2 Å². The van der Waals surface area contributed by atoms with Gasteiger partial charge in [-0.15, -0.1) is 0 Å². The van der Waals surface area contributed by atoms with Gasteiger partial charge in [-0.3, -0.25) is 14.5 Å². The maximum absolute atomic E-state index is 11.5. The molecule has 0 aromatic heterocycles. The molecule has 3 unspecified atom stereocenters. The highest BCUT2D eigenvalue weighted by Crippen LogP contribution is 2.24. The molecule has 0 spiro atoms. The van der Waals surface area contributed by atoms with Gasteiger partial charge < -0.3 is 15.6 Å². The SMILES string of the molecule is NC1C(=O)N(C(OC(=O)CS)C(=O)O)C1CI. The Balaban J connectivity index is 2.81. The van der Waals surface area contributed by atoms with Crippen molar-refractivity contribution < 1.29 is 24.2 Å². The predicted molar refractivity (Wildman–Crippen MR) is 68.9 cm³/mol. The first-order valence-corrected chi connectivity index (χ1v) is 6.76. The number of hydrogen-bond donors (Lipinski definition) is 3. The molecule has 0 aliphatic carbocycles. The first-order chi connectivity index (χ1) is 7.93. The fourth-order valence-corrected chi connectivity index (χ4v) is 2.49. The van der Waals surface area contributed by atoms with Crippen molar-refractivity contribution in [3.05, 3.63) is 0 Å². The van der Waals surface area contributed by atoms with Gasteiger partial charge in [0.1, 0.15) is 6.04 Å². The third-order valence-corrected chi connectivity index (χ3v) is 3.47. The van der Waals surface area contributed by atoms with Crippen LogP contribution in [0.3, 0.4) is 0 Å². The summed E-state index contributed by atoms with van der Waals surface area (Å²) in [5, 5.41) is 8.93. The van der Waals surface area contributed by atoms with Gasteiger partial charge in [0, 0.05) is 4.43 Å². The molecule has 1 aliphatic rings. The number of alkyl halides is 1. The quantitative estimate of drug-likeness (QED) is 0.184. The molecular formula is C8H11IN2O5S. The van der Waals surface area contributed by atoms with Crippen molar-refractivity contribution in [2.45, 2.75) is 18.3 Å². The summed E-state index contributed by atoms with van der Waals surface area (Å²) < 4.78 is 5.11. The molecule has 1 fully saturated rings. The van der Waals surface area contributed by atoms with Crippen LogP contribution in [0.15, 0.2) is 0 Å². The van der Waals surface area contributed by atoms with Crippen LogP contribution >= 0.6 is 35.2 Å². The number of likely N-dealkylation sites (tertiary alicyclic amines) is 1. The predicted octanol–water partition coefficient (Wildman–Crippen LogP) is -1.16. The number of halogens is 1. The van der Waals surface area contributed by atoms with Gasteiger partial charge in [0.2, 0.25) is 5.91 Å². The van der Waals surface area contributed by atoms with Crippen molar-refractivity contribution >= 4 is 53.1 Å². The standard InChI is InChI=1S/C8H11IN2O5S/c9-1-3-5(10)6(13)11(3)7(8(14)15)16-4(12)2-17/h3,5,7,17H,1-2,10H2,(H,14,15). The van der Waals surface area contributed by atoms with Gasteiger partial charge >= 0.3 is 11.9 Å². The number of amides is 1. The van der Waals surface area contributed by atoms with Gasteiger partial charge in [0.15, 0.2) is 0 Å². The average molecular weight is 374 g/mol. The highest BCUT2D eigenvalue weighted by atomic mass is 127. The second-order valence-electron chi connectivity index (χ2n) is 3.33. The van der Waals surface area contributed by atoms with E-state index in [1.165, 1.54) is 0 Å². The molecule has 1 heterocycles. The first-order valence-electron chi connectivity index (χ1n) is 4.61. The number of carbonyl (C=O) groups is 3. The Labute approximate surface area is 116 Å². The molecule has 7 nitrogen and oxygen atoms in total. The van der Waals surface area contributed by atoms with Crippen LogP contribution in [0.5, 0.6) is 0 Å². The number of thiol groups is 1. The number of ether oxygens (including phenoxy) is 1. The second-order valence-corrected chi connectivity index (χ2v) is 4.53. The summed E-state index contributed by atoms with van der Waals surface area (Å²) in [5.41, 5.74) is 5.52. The van der Waals surface area contributed by atoms with Gasteiger partial charge in [-0.25, -0.2) is 4.79 Å². The van der Waals surface area contributed by atoms with E-state index in [-0.39, 0.29) is 5.75 Å². The summed E-state index contributed by atoms with van der Waals surface area (Å²) in [6, 6.07) is -1.17. The van der Waals surface area contributed by atoms with E-state index in [1.54, 1.807) is 0 Å². The van der Waals surface area contributed by atoms with Crippen molar-refractivity contribution in [1.29, 1.82) is 0 Å². The molecule has 17 heavy (non-hydrogen) atoms. The van der Waals surface area contributed by atoms with Crippen molar-refractivity contribution in [3.63, 3.8) is 0 Å². The van der Waals surface area contributed by atoms with E-state index in [1.807, 2.05) is 22.6 Å². The van der Waals surface area contributed by atoms with E-state index < -0.39 is 36.2 Å². The molecular weight excluding hydrogens is 363 g/mol. The van der Waals surface area contributed by atoms with Gasteiger partial charge in [0.25, 0.3) is 6.23 Å². The molecule has 0 bridgehead atoms. The number of hydrogen-bond acceptors (Lipinski definition) is 6.